The van der Waals surface area contributed by atoms with Gasteiger partial charge in [0.2, 0.25) is 0 Å². The summed E-state index contributed by atoms with van der Waals surface area (Å²) in [6, 6.07) is 20.9. The van der Waals surface area contributed by atoms with Gasteiger partial charge in [0.15, 0.2) is 0 Å². The van der Waals surface area contributed by atoms with Gasteiger partial charge in [-0.3, -0.25) is 9.88 Å². The molecule has 1 atom stereocenters. The van der Waals surface area contributed by atoms with Crippen LogP contribution >= 0.6 is 0 Å². The molecule has 3 aromatic rings. The summed E-state index contributed by atoms with van der Waals surface area (Å²) in [5.41, 5.74) is 4.61. The Morgan fingerprint density at radius 2 is 1.90 bits per heavy atom. The van der Waals surface area contributed by atoms with Crippen molar-refractivity contribution in [1.29, 1.82) is 0 Å². The highest BCUT2D eigenvalue weighted by Crippen LogP contribution is 2.24. The Kier molecular flexibility index (Phi) is 6.17. The molecule has 29 heavy (non-hydrogen) atoms. The molecule has 0 spiro atoms. The van der Waals surface area contributed by atoms with Gasteiger partial charge in [-0.05, 0) is 23.8 Å². The molecule has 0 saturated carbocycles. The first-order valence-corrected chi connectivity index (χ1v) is 10.1. The van der Waals surface area contributed by atoms with Crippen molar-refractivity contribution in [3.05, 3.63) is 89.4 Å². The highest BCUT2D eigenvalue weighted by molar-refractivity contribution is 5.45. The fourth-order valence-corrected chi connectivity index (χ4v) is 3.80. The summed E-state index contributed by atoms with van der Waals surface area (Å²) < 4.78 is 6.08. The van der Waals surface area contributed by atoms with Crippen LogP contribution in [0.3, 0.4) is 0 Å². The molecule has 0 radical (unpaired) electrons. The Morgan fingerprint density at radius 1 is 1.03 bits per heavy atom. The maximum absolute atomic E-state index is 6.08. The Hall–Kier alpha value is -2.76. The molecule has 0 aliphatic carbocycles. The average Bonchev–Trinajstić information content (AvgIpc) is 2.75. The van der Waals surface area contributed by atoms with E-state index in [0.29, 0.717) is 6.61 Å². The second-order valence-electron chi connectivity index (χ2n) is 7.69. The van der Waals surface area contributed by atoms with Crippen molar-refractivity contribution in [3.63, 3.8) is 0 Å². The summed E-state index contributed by atoms with van der Waals surface area (Å²) in [7, 11) is 4.08. The molecule has 0 bridgehead atoms. The molecule has 0 amide bonds. The van der Waals surface area contributed by atoms with Gasteiger partial charge in [-0.15, -0.1) is 0 Å². The molecule has 4 rings (SSSR count). The first-order valence-electron chi connectivity index (χ1n) is 10.1. The maximum atomic E-state index is 6.08. The van der Waals surface area contributed by atoms with Crippen LogP contribution in [0.15, 0.2) is 66.9 Å². The first kappa shape index (κ1) is 19.6. The van der Waals surface area contributed by atoms with Gasteiger partial charge in [0.05, 0.1) is 12.3 Å². The van der Waals surface area contributed by atoms with Crippen LogP contribution in [0.5, 0.6) is 0 Å². The first-order chi connectivity index (χ1) is 14.2. The van der Waals surface area contributed by atoms with E-state index in [2.05, 4.69) is 63.3 Å². The van der Waals surface area contributed by atoms with Gasteiger partial charge in [0.1, 0.15) is 11.9 Å². The van der Waals surface area contributed by atoms with Crippen LogP contribution < -0.4 is 4.90 Å². The summed E-state index contributed by atoms with van der Waals surface area (Å²) in [6.45, 7) is 3.34. The topological polar surface area (TPSA) is 41.5 Å². The van der Waals surface area contributed by atoms with E-state index in [0.717, 1.165) is 43.3 Å². The lowest BCUT2D eigenvalue weighted by Gasteiger charge is -2.33. The third-order valence-electron chi connectivity index (χ3n) is 5.22. The SMILES string of the molecule is CN(C)c1ncccc1CN1CCO[C@@H](c2cccc(Cc3ccccc3)n2)C1. The molecule has 1 fully saturated rings. The van der Waals surface area contributed by atoms with Crippen LogP contribution in [0, 0.1) is 0 Å². The van der Waals surface area contributed by atoms with Crippen molar-refractivity contribution >= 4 is 5.82 Å². The summed E-state index contributed by atoms with van der Waals surface area (Å²) in [5.74, 6) is 1.03. The standard InChI is InChI=1S/C24H28N4O/c1-27(2)24-20(10-7-13-25-24)17-28-14-15-29-23(18-28)22-12-6-11-21(26-22)16-19-8-4-3-5-9-19/h3-13,23H,14-18H2,1-2H3/t23-/m1/s1. The smallest absolute Gasteiger partial charge is 0.132 e. The molecule has 5 nitrogen and oxygen atoms in total. The van der Waals surface area contributed by atoms with Crippen molar-refractivity contribution < 1.29 is 4.74 Å². The minimum atomic E-state index is -0.000971. The summed E-state index contributed by atoms with van der Waals surface area (Å²) in [6.07, 6.45) is 2.69. The molecular formula is C24H28N4O. The largest absolute Gasteiger partial charge is 0.369 e. The Morgan fingerprint density at radius 3 is 2.72 bits per heavy atom. The van der Waals surface area contributed by atoms with Crippen LogP contribution in [0.25, 0.3) is 0 Å². The zero-order valence-electron chi connectivity index (χ0n) is 17.2. The van der Waals surface area contributed by atoms with E-state index in [1.807, 2.05) is 32.4 Å². The van der Waals surface area contributed by atoms with Crippen LogP contribution in [0.2, 0.25) is 0 Å². The number of hydrogen-bond acceptors (Lipinski definition) is 5. The number of pyridine rings is 2. The molecular weight excluding hydrogens is 360 g/mol. The third-order valence-corrected chi connectivity index (χ3v) is 5.22. The van der Waals surface area contributed by atoms with Gasteiger partial charge < -0.3 is 9.64 Å². The number of morpholine rings is 1. The van der Waals surface area contributed by atoms with E-state index >= 15 is 0 Å². The highest BCUT2D eigenvalue weighted by Gasteiger charge is 2.24. The fraction of sp³-hybridized carbons (Fsp3) is 0.333. The number of rotatable bonds is 6. The quantitative estimate of drug-likeness (QED) is 0.644. The van der Waals surface area contributed by atoms with E-state index in [4.69, 9.17) is 9.72 Å². The number of hydrogen-bond donors (Lipinski definition) is 0. The molecule has 150 valence electrons. The second kappa shape index (κ2) is 9.16. The average molecular weight is 389 g/mol. The molecule has 0 unspecified atom stereocenters. The van der Waals surface area contributed by atoms with Crippen LogP contribution in [-0.4, -0.2) is 48.7 Å². The van der Waals surface area contributed by atoms with E-state index in [1.165, 1.54) is 11.1 Å². The maximum Gasteiger partial charge on any atom is 0.132 e. The number of benzene rings is 1. The van der Waals surface area contributed by atoms with Crippen molar-refractivity contribution in [2.75, 3.05) is 38.7 Å². The molecule has 2 aromatic heterocycles. The molecule has 5 heteroatoms. The summed E-state index contributed by atoms with van der Waals surface area (Å²) in [4.78, 5) is 13.9. The van der Waals surface area contributed by atoms with Gasteiger partial charge in [-0.1, -0.05) is 42.5 Å². The number of aromatic nitrogens is 2. The molecule has 0 N–H and O–H groups in total. The Bertz CT molecular complexity index is 929. The van der Waals surface area contributed by atoms with Crippen molar-refractivity contribution in [2.45, 2.75) is 19.1 Å². The summed E-state index contributed by atoms with van der Waals surface area (Å²) in [5, 5.41) is 0. The molecule has 1 aromatic carbocycles. The number of nitrogens with zero attached hydrogens (tertiary/aromatic N) is 4. The van der Waals surface area contributed by atoms with Gasteiger partial charge in [0.25, 0.3) is 0 Å². The molecule has 1 saturated heterocycles. The van der Waals surface area contributed by atoms with Crippen LogP contribution in [-0.2, 0) is 17.7 Å². The van der Waals surface area contributed by atoms with Crippen LogP contribution in [0.1, 0.15) is 28.6 Å². The van der Waals surface area contributed by atoms with E-state index < -0.39 is 0 Å². The third kappa shape index (κ3) is 5.00. The van der Waals surface area contributed by atoms with Crippen LogP contribution in [0.4, 0.5) is 5.82 Å². The monoisotopic (exact) mass is 388 g/mol. The minimum Gasteiger partial charge on any atom is -0.369 e. The fourth-order valence-electron chi connectivity index (χ4n) is 3.80. The van der Waals surface area contributed by atoms with Crippen molar-refractivity contribution in [2.24, 2.45) is 0 Å². The van der Waals surface area contributed by atoms with Gasteiger partial charge in [-0.25, -0.2) is 4.98 Å². The lowest BCUT2D eigenvalue weighted by molar-refractivity contribution is -0.0350. The molecule has 1 aliphatic rings. The normalized spacial score (nSPS) is 17.2. The van der Waals surface area contributed by atoms with Gasteiger partial charge >= 0.3 is 0 Å². The summed E-state index contributed by atoms with van der Waals surface area (Å²) >= 11 is 0. The predicted molar refractivity (Wildman–Crippen MR) is 116 cm³/mol. The van der Waals surface area contributed by atoms with Crippen molar-refractivity contribution in [1.82, 2.24) is 14.9 Å². The van der Waals surface area contributed by atoms with E-state index in [-0.39, 0.29) is 6.10 Å². The number of anilines is 1. The number of ether oxygens (including phenoxy) is 1. The zero-order chi connectivity index (χ0) is 20.1. The van der Waals surface area contributed by atoms with E-state index in [1.54, 1.807) is 0 Å². The second-order valence-corrected chi connectivity index (χ2v) is 7.69. The lowest BCUT2D eigenvalue weighted by Crippen LogP contribution is -2.38. The van der Waals surface area contributed by atoms with Gasteiger partial charge in [0, 0.05) is 57.6 Å². The van der Waals surface area contributed by atoms with Gasteiger partial charge in [-0.2, -0.15) is 0 Å². The van der Waals surface area contributed by atoms with E-state index in [9.17, 15) is 0 Å². The Labute approximate surface area is 173 Å². The Balaban J connectivity index is 1.45. The molecule has 3 heterocycles. The minimum absolute atomic E-state index is 0.000971. The predicted octanol–water partition coefficient (Wildman–Crippen LogP) is 3.71. The lowest BCUT2D eigenvalue weighted by atomic mass is 10.1. The highest BCUT2D eigenvalue weighted by atomic mass is 16.5. The zero-order valence-corrected chi connectivity index (χ0v) is 17.2. The van der Waals surface area contributed by atoms with Crippen molar-refractivity contribution in [3.8, 4) is 0 Å². The molecule has 1 aliphatic heterocycles.